The largest absolute Gasteiger partial charge is 0.361 e. The third-order valence-electron chi connectivity index (χ3n) is 4.95. The minimum atomic E-state index is 0.560. The molecule has 114 valence electrons. The smallest absolute Gasteiger partial charge is 0.0457 e. The number of aromatic nitrogens is 1. The van der Waals surface area contributed by atoms with Crippen LogP contribution in [-0.4, -0.2) is 11.5 Å². The maximum absolute atomic E-state index is 3.73. The van der Waals surface area contributed by atoms with E-state index in [9.17, 15) is 0 Å². The summed E-state index contributed by atoms with van der Waals surface area (Å²) in [5, 5.41) is 5.03. The number of hydrogen-bond donors (Lipinski definition) is 2. The zero-order valence-electron chi connectivity index (χ0n) is 13.4. The van der Waals surface area contributed by atoms with Gasteiger partial charge in [0.05, 0.1) is 0 Å². The quantitative estimate of drug-likeness (QED) is 0.778. The Hall–Kier alpha value is -1.28. The molecule has 1 aliphatic rings. The van der Waals surface area contributed by atoms with Crippen LogP contribution in [0.5, 0.6) is 0 Å². The molecular weight excluding hydrogens is 256 g/mol. The molecule has 0 unspecified atom stereocenters. The first kappa shape index (κ1) is 14.6. The Kier molecular flexibility index (Phi) is 4.34. The van der Waals surface area contributed by atoms with Crippen LogP contribution in [0.1, 0.15) is 51.5 Å². The molecule has 2 N–H and O–H groups in total. The van der Waals surface area contributed by atoms with E-state index in [2.05, 4.69) is 48.4 Å². The van der Waals surface area contributed by atoms with Gasteiger partial charge in [-0.25, -0.2) is 0 Å². The summed E-state index contributed by atoms with van der Waals surface area (Å²) in [5.41, 5.74) is 3.18. The highest BCUT2D eigenvalue weighted by molar-refractivity contribution is 5.79. The molecule has 1 heterocycles. The van der Waals surface area contributed by atoms with Gasteiger partial charge in [-0.15, -0.1) is 0 Å². The van der Waals surface area contributed by atoms with Crippen molar-refractivity contribution in [3.63, 3.8) is 0 Å². The maximum Gasteiger partial charge on any atom is 0.0457 e. The van der Waals surface area contributed by atoms with E-state index in [0.29, 0.717) is 5.41 Å². The van der Waals surface area contributed by atoms with Gasteiger partial charge >= 0.3 is 0 Å². The predicted molar refractivity (Wildman–Crippen MR) is 90.4 cm³/mol. The monoisotopic (exact) mass is 284 g/mol. The highest BCUT2D eigenvalue weighted by Gasteiger charge is 2.33. The number of fused-ring (bicyclic) bond motifs is 1. The lowest BCUT2D eigenvalue weighted by atomic mass is 9.78. The van der Waals surface area contributed by atoms with E-state index >= 15 is 0 Å². The summed E-state index contributed by atoms with van der Waals surface area (Å²) in [6.07, 6.45) is 9.04. The molecule has 2 heteroatoms. The summed E-state index contributed by atoms with van der Waals surface area (Å²) in [6, 6.07) is 8.85. The molecule has 1 aromatic heterocycles. The van der Waals surface area contributed by atoms with Crippen LogP contribution in [0, 0.1) is 11.3 Å². The van der Waals surface area contributed by atoms with E-state index < -0.39 is 0 Å². The second kappa shape index (κ2) is 6.23. The molecule has 3 rings (SSSR count). The van der Waals surface area contributed by atoms with Crippen LogP contribution in [0.2, 0.25) is 0 Å². The van der Waals surface area contributed by atoms with Crippen molar-refractivity contribution >= 4 is 10.9 Å². The summed E-state index contributed by atoms with van der Waals surface area (Å²) in [7, 11) is 0. The van der Waals surface area contributed by atoms with Crippen molar-refractivity contribution in [2.24, 2.45) is 11.3 Å². The number of hydrogen-bond acceptors (Lipinski definition) is 1. The van der Waals surface area contributed by atoms with E-state index in [1.807, 2.05) is 6.20 Å². The lowest BCUT2D eigenvalue weighted by Crippen LogP contribution is -2.33. The van der Waals surface area contributed by atoms with Gasteiger partial charge < -0.3 is 10.3 Å². The Morgan fingerprint density at radius 3 is 2.76 bits per heavy atom. The van der Waals surface area contributed by atoms with Crippen molar-refractivity contribution in [1.82, 2.24) is 10.3 Å². The molecule has 0 amide bonds. The van der Waals surface area contributed by atoms with Crippen LogP contribution < -0.4 is 5.32 Å². The summed E-state index contributed by atoms with van der Waals surface area (Å²) in [4.78, 5) is 3.30. The molecule has 0 bridgehead atoms. The van der Waals surface area contributed by atoms with Gasteiger partial charge in [-0.3, -0.25) is 0 Å². The van der Waals surface area contributed by atoms with Gasteiger partial charge in [0, 0.05) is 24.8 Å². The molecule has 1 aromatic carbocycles. The summed E-state index contributed by atoms with van der Waals surface area (Å²) >= 11 is 0. The number of benzene rings is 1. The molecular formula is C19H28N2. The molecule has 0 aliphatic heterocycles. The van der Waals surface area contributed by atoms with Gasteiger partial charge in [-0.1, -0.05) is 38.8 Å². The van der Waals surface area contributed by atoms with Gasteiger partial charge in [0.15, 0.2) is 0 Å². The van der Waals surface area contributed by atoms with Crippen molar-refractivity contribution in [2.45, 2.75) is 52.5 Å². The third kappa shape index (κ3) is 3.49. The van der Waals surface area contributed by atoms with E-state index in [0.717, 1.165) is 12.5 Å². The molecule has 21 heavy (non-hydrogen) atoms. The highest BCUT2D eigenvalue weighted by atomic mass is 14.9. The number of aromatic amines is 1. The minimum absolute atomic E-state index is 0.560. The summed E-state index contributed by atoms with van der Waals surface area (Å²) < 4.78 is 0. The first-order valence-corrected chi connectivity index (χ1v) is 8.44. The van der Waals surface area contributed by atoms with Gasteiger partial charge in [0.25, 0.3) is 0 Å². The zero-order chi connectivity index (χ0) is 14.7. The minimum Gasteiger partial charge on any atom is -0.361 e. The predicted octanol–water partition coefficient (Wildman–Crippen LogP) is 4.86. The zero-order valence-corrected chi connectivity index (χ0v) is 13.4. The lowest BCUT2D eigenvalue weighted by Gasteiger charge is -2.31. The SMILES string of the molecule is CC(C)CC1(CNCc2ccc3cc[nH]c3c2)CCCC1. The number of rotatable bonds is 6. The van der Waals surface area contributed by atoms with Gasteiger partial charge in [-0.05, 0) is 53.7 Å². The lowest BCUT2D eigenvalue weighted by molar-refractivity contribution is 0.223. The summed E-state index contributed by atoms with van der Waals surface area (Å²) in [6.45, 7) is 6.88. The van der Waals surface area contributed by atoms with Crippen molar-refractivity contribution in [1.29, 1.82) is 0 Å². The molecule has 1 fully saturated rings. The van der Waals surface area contributed by atoms with Crippen molar-refractivity contribution in [3.05, 3.63) is 36.0 Å². The van der Waals surface area contributed by atoms with Crippen molar-refractivity contribution in [3.8, 4) is 0 Å². The molecule has 1 aliphatic carbocycles. The Balaban J connectivity index is 1.58. The van der Waals surface area contributed by atoms with Crippen LogP contribution in [-0.2, 0) is 6.54 Å². The Morgan fingerprint density at radius 2 is 2.00 bits per heavy atom. The molecule has 1 saturated carbocycles. The molecule has 0 atom stereocenters. The van der Waals surface area contributed by atoms with E-state index in [1.165, 1.54) is 55.1 Å². The van der Waals surface area contributed by atoms with Crippen LogP contribution in [0.3, 0.4) is 0 Å². The molecule has 0 spiro atoms. The molecule has 2 aromatic rings. The van der Waals surface area contributed by atoms with E-state index in [4.69, 9.17) is 0 Å². The van der Waals surface area contributed by atoms with Gasteiger partial charge in [0.1, 0.15) is 0 Å². The highest BCUT2D eigenvalue weighted by Crippen LogP contribution is 2.42. The standard InChI is InChI=1S/C19H28N2/c1-15(2)12-19(8-3-4-9-19)14-20-13-16-5-6-17-7-10-21-18(17)11-16/h5-7,10-11,15,20-21H,3-4,8-9,12-14H2,1-2H3. The van der Waals surface area contributed by atoms with E-state index in [1.54, 1.807) is 0 Å². The summed E-state index contributed by atoms with van der Waals surface area (Å²) in [5.74, 6) is 0.806. The van der Waals surface area contributed by atoms with Crippen molar-refractivity contribution in [2.75, 3.05) is 6.54 Å². The first-order chi connectivity index (χ1) is 10.2. The molecule has 2 nitrogen and oxygen atoms in total. The normalized spacial score (nSPS) is 17.9. The topological polar surface area (TPSA) is 27.8 Å². The third-order valence-corrected chi connectivity index (χ3v) is 4.95. The van der Waals surface area contributed by atoms with Gasteiger partial charge in [0.2, 0.25) is 0 Å². The molecule has 0 saturated heterocycles. The van der Waals surface area contributed by atoms with Gasteiger partial charge in [-0.2, -0.15) is 0 Å². The number of nitrogens with one attached hydrogen (secondary N) is 2. The fourth-order valence-corrected chi connectivity index (χ4v) is 4.12. The van der Waals surface area contributed by atoms with Crippen LogP contribution in [0.25, 0.3) is 10.9 Å². The van der Waals surface area contributed by atoms with E-state index in [-0.39, 0.29) is 0 Å². The average molecular weight is 284 g/mol. The second-order valence-electron chi connectivity index (χ2n) is 7.31. The van der Waals surface area contributed by atoms with Crippen LogP contribution >= 0.6 is 0 Å². The Morgan fingerprint density at radius 1 is 1.19 bits per heavy atom. The first-order valence-electron chi connectivity index (χ1n) is 8.44. The fourth-order valence-electron chi connectivity index (χ4n) is 4.12. The maximum atomic E-state index is 3.73. The van der Waals surface area contributed by atoms with Crippen LogP contribution in [0.15, 0.2) is 30.5 Å². The average Bonchev–Trinajstić information content (AvgIpc) is 3.07. The van der Waals surface area contributed by atoms with Crippen LogP contribution in [0.4, 0.5) is 0 Å². The second-order valence-corrected chi connectivity index (χ2v) is 7.31. The Labute approximate surface area is 128 Å². The number of H-pyrrole nitrogens is 1. The molecule has 0 radical (unpaired) electrons. The fraction of sp³-hybridized carbons (Fsp3) is 0.579. The Bertz CT molecular complexity index is 576. The van der Waals surface area contributed by atoms with Crippen molar-refractivity contribution < 1.29 is 0 Å².